The summed E-state index contributed by atoms with van der Waals surface area (Å²) in [6.07, 6.45) is -0.327. The molecule has 1 aliphatic rings. The second-order valence-corrected chi connectivity index (χ2v) is 5.82. The van der Waals surface area contributed by atoms with Crippen molar-refractivity contribution in [2.45, 2.75) is 58.3 Å². The van der Waals surface area contributed by atoms with E-state index in [2.05, 4.69) is 4.98 Å². The molecule has 0 aliphatic heterocycles. The van der Waals surface area contributed by atoms with Gasteiger partial charge in [0.1, 0.15) is 12.4 Å². The minimum Gasteiger partial charge on any atom is -0.345 e. The van der Waals surface area contributed by atoms with Gasteiger partial charge < -0.3 is 10.6 Å². The van der Waals surface area contributed by atoms with Crippen molar-refractivity contribution in [1.82, 2.24) is 4.98 Å². The summed E-state index contributed by atoms with van der Waals surface area (Å²) in [4.78, 5) is 5.84. The predicted molar refractivity (Wildman–Crippen MR) is 77.3 cm³/mol. The van der Waals surface area contributed by atoms with Gasteiger partial charge in [-0.3, -0.25) is 0 Å². The van der Waals surface area contributed by atoms with Gasteiger partial charge in [-0.25, -0.2) is 4.98 Å². The zero-order valence-electron chi connectivity index (χ0n) is 12.5. The van der Waals surface area contributed by atoms with E-state index in [1.807, 2.05) is 6.07 Å². The lowest BCUT2D eigenvalue weighted by Gasteiger charge is -2.31. The molecule has 0 aromatic carbocycles. The second-order valence-electron chi connectivity index (χ2n) is 5.82. The number of hydrogen-bond donors (Lipinski definition) is 1. The third kappa shape index (κ3) is 3.87. The Kier molecular flexibility index (Phi) is 4.76. The van der Waals surface area contributed by atoms with E-state index in [1.165, 1.54) is 4.90 Å². The van der Waals surface area contributed by atoms with Crippen LogP contribution in [0, 0.1) is 0 Å². The Hall–Kier alpha value is -1.30. The molecule has 0 atom stereocenters. The highest BCUT2D eigenvalue weighted by molar-refractivity contribution is 5.51. The van der Waals surface area contributed by atoms with Crippen molar-refractivity contribution in [1.29, 1.82) is 0 Å². The topological polar surface area (TPSA) is 42.2 Å². The molecule has 21 heavy (non-hydrogen) atoms. The summed E-state index contributed by atoms with van der Waals surface area (Å²) in [5.41, 5.74) is 8.51. The van der Waals surface area contributed by atoms with Gasteiger partial charge in [0.15, 0.2) is 0 Å². The maximum atomic E-state index is 12.8. The number of nitrogens with two attached hydrogens (primary N) is 1. The standard InChI is InChI=1S/C15H22F3N3/c1-10(2)21(9-15(16,17)18)14-12(8-19)7-11-5-3-4-6-13(11)20-14/h7,10H,3-6,8-9,19H2,1-2H3. The molecule has 0 bridgehead atoms. The Morgan fingerprint density at radius 3 is 2.52 bits per heavy atom. The van der Waals surface area contributed by atoms with E-state index < -0.39 is 12.7 Å². The lowest BCUT2D eigenvalue weighted by molar-refractivity contribution is -0.120. The van der Waals surface area contributed by atoms with Crippen molar-refractivity contribution in [3.63, 3.8) is 0 Å². The fourth-order valence-corrected chi connectivity index (χ4v) is 2.76. The van der Waals surface area contributed by atoms with Crippen LogP contribution in [0.5, 0.6) is 0 Å². The minimum absolute atomic E-state index is 0.205. The molecule has 1 heterocycles. The molecule has 0 amide bonds. The number of nitrogens with zero attached hydrogens (tertiary/aromatic N) is 2. The van der Waals surface area contributed by atoms with Gasteiger partial charge in [0.2, 0.25) is 0 Å². The molecule has 1 aromatic heterocycles. The number of aromatic nitrogens is 1. The summed E-state index contributed by atoms with van der Waals surface area (Å²) < 4.78 is 38.5. The van der Waals surface area contributed by atoms with E-state index in [0.717, 1.165) is 36.9 Å². The molecule has 0 saturated heterocycles. The van der Waals surface area contributed by atoms with Crippen molar-refractivity contribution in [3.05, 3.63) is 22.9 Å². The third-order valence-electron chi connectivity index (χ3n) is 3.82. The molecule has 1 aliphatic carbocycles. The fraction of sp³-hybridized carbons (Fsp3) is 0.667. The van der Waals surface area contributed by atoms with Crippen LogP contribution >= 0.6 is 0 Å². The Morgan fingerprint density at radius 2 is 1.95 bits per heavy atom. The second kappa shape index (κ2) is 6.22. The SMILES string of the molecule is CC(C)N(CC(F)(F)F)c1nc2c(cc1CN)CCCC2. The van der Waals surface area contributed by atoms with Crippen LogP contribution in [0.3, 0.4) is 0 Å². The van der Waals surface area contributed by atoms with E-state index in [4.69, 9.17) is 5.73 Å². The highest BCUT2D eigenvalue weighted by atomic mass is 19.4. The van der Waals surface area contributed by atoms with E-state index in [-0.39, 0.29) is 12.6 Å². The van der Waals surface area contributed by atoms with Crippen LogP contribution in [-0.2, 0) is 19.4 Å². The Bertz CT molecular complexity index is 498. The van der Waals surface area contributed by atoms with Crippen LogP contribution in [0.25, 0.3) is 0 Å². The average molecular weight is 301 g/mol. The van der Waals surface area contributed by atoms with E-state index in [0.29, 0.717) is 11.4 Å². The maximum Gasteiger partial charge on any atom is 0.405 e. The number of aryl methyl sites for hydroxylation is 2. The lowest BCUT2D eigenvalue weighted by Crippen LogP contribution is -2.40. The Balaban J connectivity index is 2.43. The molecule has 2 N–H and O–H groups in total. The quantitative estimate of drug-likeness (QED) is 0.928. The molecular formula is C15H22F3N3. The first-order valence-electron chi connectivity index (χ1n) is 7.37. The summed E-state index contributed by atoms with van der Waals surface area (Å²) in [7, 11) is 0. The number of anilines is 1. The molecule has 0 saturated carbocycles. The van der Waals surface area contributed by atoms with Gasteiger partial charge in [0.05, 0.1) is 0 Å². The molecule has 2 rings (SSSR count). The molecule has 0 spiro atoms. The molecule has 3 nitrogen and oxygen atoms in total. The summed E-state index contributed by atoms with van der Waals surface area (Å²) in [5, 5.41) is 0. The van der Waals surface area contributed by atoms with E-state index >= 15 is 0 Å². The molecule has 118 valence electrons. The van der Waals surface area contributed by atoms with E-state index in [1.54, 1.807) is 13.8 Å². The van der Waals surface area contributed by atoms with Crippen LogP contribution in [0.4, 0.5) is 19.0 Å². The van der Waals surface area contributed by atoms with Crippen LogP contribution in [0.1, 0.15) is 43.5 Å². The number of hydrogen-bond acceptors (Lipinski definition) is 3. The van der Waals surface area contributed by atoms with Crippen LogP contribution in [0.2, 0.25) is 0 Å². The van der Waals surface area contributed by atoms with Gasteiger partial charge in [-0.1, -0.05) is 0 Å². The van der Waals surface area contributed by atoms with Gasteiger partial charge in [-0.15, -0.1) is 0 Å². The molecule has 6 heteroatoms. The molecule has 0 fully saturated rings. The molecule has 0 unspecified atom stereocenters. The zero-order chi connectivity index (χ0) is 15.6. The summed E-state index contributed by atoms with van der Waals surface area (Å²) in [5.74, 6) is 0.394. The van der Waals surface area contributed by atoms with Crippen molar-refractivity contribution >= 4 is 5.82 Å². The highest BCUT2D eigenvalue weighted by Gasteiger charge is 2.33. The Morgan fingerprint density at radius 1 is 1.29 bits per heavy atom. The summed E-state index contributed by atoms with van der Waals surface area (Å²) in [6, 6.07) is 1.66. The normalized spacial score (nSPS) is 15.2. The van der Waals surface area contributed by atoms with Gasteiger partial charge in [-0.2, -0.15) is 13.2 Å². The van der Waals surface area contributed by atoms with Crippen molar-refractivity contribution in [2.24, 2.45) is 5.73 Å². The smallest absolute Gasteiger partial charge is 0.345 e. The number of fused-ring (bicyclic) bond motifs is 1. The number of alkyl halides is 3. The predicted octanol–water partition coefficient (Wildman–Crippen LogP) is 3.20. The van der Waals surface area contributed by atoms with Crippen LogP contribution in [0.15, 0.2) is 6.07 Å². The Labute approximate surface area is 123 Å². The number of pyridine rings is 1. The van der Waals surface area contributed by atoms with E-state index in [9.17, 15) is 13.2 Å². The van der Waals surface area contributed by atoms with Gasteiger partial charge in [0.25, 0.3) is 0 Å². The number of halogens is 3. The fourth-order valence-electron chi connectivity index (χ4n) is 2.76. The molecule has 0 radical (unpaired) electrons. The number of rotatable bonds is 4. The first-order valence-corrected chi connectivity index (χ1v) is 7.37. The maximum absolute atomic E-state index is 12.8. The van der Waals surface area contributed by atoms with Gasteiger partial charge in [-0.05, 0) is 51.2 Å². The largest absolute Gasteiger partial charge is 0.405 e. The molecular weight excluding hydrogens is 279 g/mol. The molecule has 1 aromatic rings. The van der Waals surface area contributed by atoms with Crippen molar-refractivity contribution in [3.8, 4) is 0 Å². The third-order valence-corrected chi connectivity index (χ3v) is 3.82. The average Bonchev–Trinajstić information content (AvgIpc) is 2.42. The van der Waals surface area contributed by atoms with Crippen LogP contribution < -0.4 is 10.6 Å². The first-order chi connectivity index (χ1) is 9.81. The minimum atomic E-state index is -4.26. The van der Waals surface area contributed by atoms with Crippen molar-refractivity contribution < 1.29 is 13.2 Å². The monoisotopic (exact) mass is 301 g/mol. The first kappa shape index (κ1) is 16.1. The summed E-state index contributed by atoms with van der Waals surface area (Å²) in [6.45, 7) is 2.69. The van der Waals surface area contributed by atoms with Gasteiger partial charge >= 0.3 is 6.18 Å². The zero-order valence-corrected chi connectivity index (χ0v) is 12.5. The highest BCUT2D eigenvalue weighted by Crippen LogP contribution is 2.30. The van der Waals surface area contributed by atoms with Crippen molar-refractivity contribution in [2.75, 3.05) is 11.4 Å². The lowest BCUT2D eigenvalue weighted by atomic mass is 9.94. The summed E-state index contributed by atoms with van der Waals surface area (Å²) >= 11 is 0. The van der Waals surface area contributed by atoms with Gasteiger partial charge in [0, 0.05) is 23.8 Å². The van der Waals surface area contributed by atoms with Crippen LogP contribution in [-0.4, -0.2) is 23.7 Å².